The van der Waals surface area contributed by atoms with Gasteiger partial charge in [0.15, 0.2) is 0 Å². The number of carbonyl (C=O) groups excluding carboxylic acids is 2. The van der Waals surface area contributed by atoms with Crippen molar-refractivity contribution in [2.45, 2.75) is 31.8 Å². The van der Waals surface area contributed by atoms with Gasteiger partial charge in [0, 0.05) is 29.8 Å². The molecule has 0 unspecified atom stereocenters. The maximum absolute atomic E-state index is 12.8. The van der Waals surface area contributed by atoms with Crippen LogP contribution in [-0.4, -0.2) is 33.3 Å². The highest BCUT2D eigenvalue weighted by Crippen LogP contribution is 2.30. The molecule has 7 nitrogen and oxygen atoms in total. The van der Waals surface area contributed by atoms with Crippen molar-refractivity contribution >= 4 is 27.5 Å². The van der Waals surface area contributed by atoms with Crippen molar-refractivity contribution in [3.05, 3.63) is 59.7 Å². The third-order valence-corrected chi connectivity index (χ3v) is 5.72. The molecule has 2 amide bonds. The molecule has 174 valence electrons. The van der Waals surface area contributed by atoms with E-state index in [0.717, 1.165) is 18.2 Å². The fraction of sp³-hybridized carbons (Fsp3) is 0.333. The number of halogens is 3. The molecule has 0 aliphatic carbocycles. The Bertz CT molecular complexity index is 1080. The molecule has 32 heavy (non-hydrogen) atoms. The van der Waals surface area contributed by atoms with Crippen molar-refractivity contribution in [3.63, 3.8) is 0 Å². The van der Waals surface area contributed by atoms with Gasteiger partial charge in [-0.3, -0.25) is 9.59 Å². The second kappa shape index (κ2) is 9.70. The number of carbonyl (C=O) groups is 2. The third-order valence-electron chi connectivity index (χ3n) is 4.26. The second-order valence-corrected chi connectivity index (χ2v) is 9.73. The first-order chi connectivity index (χ1) is 14.7. The first kappa shape index (κ1) is 25.3. The van der Waals surface area contributed by atoms with Crippen molar-refractivity contribution in [3.8, 4) is 0 Å². The van der Waals surface area contributed by atoms with Crippen LogP contribution in [0, 0.1) is 5.41 Å². The highest BCUT2D eigenvalue weighted by Gasteiger charge is 2.31. The number of sulfonamides is 1. The molecule has 0 bridgehead atoms. The summed E-state index contributed by atoms with van der Waals surface area (Å²) >= 11 is 0. The number of hydrogen-bond donors (Lipinski definition) is 3. The molecule has 0 saturated heterocycles. The normalized spacial score (nSPS) is 12.3. The molecule has 0 aliphatic rings. The summed E-state index contributed by atoms with van der Waals surface area (Å²) in [6.07, 6.45) is -4.66. The summed E-state index contributed by atoms with van der Waals surface area (Å²) in [5.41, 5.74) is -0.831. The van der Waals surface area contributed by atoms with E-state index < -0.39 is 38.0 Å². The Balaban J connectivity index is 1.88. The maximum atomic E-state index is 12.8. The molecule has 2 aromatic carbocycles. The largest absolute Gasteiger partial charge is 0.416 e. The van der Waals surface area contributed by atoms with E-state index in [4.69, 9.17) is 0 Å². The minimum atomic E-state index is -4.66. The zero-order valence-corrected chi connectivity index (χ0v) is 18.5. The van der Waals surface area contributed by atoms with Gasteiger partial charge in [0.25, 0.3) is 5.91 Å². The Kier molecular flexibility index (Phi) is 7.68. The lowest BCUT2D eigenvalue weighted by atomic mass is 9.95. The molecule has 0 radical (unpaired) electrons. The quantitative estimate of drug-likeness (QED) is 0.539. The summed E-state index contributed by atoms with van der Waals surface area (Å²) < 4.78 is 64.8. The second-order valence-electron chi connectivity index (χ2n) is 7.96. The van der Waals surface area contributed by atoms with E-state index in [-0.39, 0.29) is 19.0 Å². The van der Waals surface area contributed by atoms with E-state index in [1.54, 1.807) is 32.9 Å². The van der Waals surface area contributed by atoms with Gasteiger partial charge in [-0.15, -0.1) is 0 Å². The highest BCUT2D eigenvalue weighted by atomic mass is 32.2. The predicted octanol–water partition coefficient (Wildman–Crippen LogP) is 3.40. The topological polar surface area (TPSA) is 104 Å². The van der Waals surface area contributed by atoms with Gasteiger partial charge in [0.05, 0.1) is 10.5 Å². The highest BCUT2D eigenvalue weighted by molar-refractivity contribution is 7.89. The molecule has 0 aromatic heterocycles. The summed E-state index contributed by atoms with van der Waals surface area (Å²) in [6.45, 7) is 5.01. The van der Waals surface area contributed by atoms with Crippen LogP contribution in [0.3, 0.4) is 0 Å². The first-order valence-corrected chi connectivity index (χ1v) is 11.0. The Morgan fingerprint density at radius 3 is 2.12 bits per heavy atom. The van der Waals surface area contributed by atoms with Crippen molar-refractivity contribution in [2.24, 2.45) is 5.41 Å². The lowest BCUT2D eigenvalue weighted by Gasteiger charge is -2.17. The molecule has 0 spiro atoms. The SMILES string of the molecule is CC(C)(C)C(=O)Nc1ccc(C(=O)NCCNS(=O)(=O)c2cccc(C(F)(F)F)c2)cc1. The van der Waals surface area contributed by atoms with Gasteiger partial charge in [0.2, 0.25) is 15.9 Å². The summed E-state index contributed by atoms with van der Waals surface area (Å²) in [6, 6.07) is 9.51. The standard InChI is InChI=1S/C21H24F3N3O4S/c1-20(2,3)19(29)27-16-9-7-14(8-10-16)18(28)25-11-12-26-32(30,31)17-6-4-5-15(13-17)21(22,23)24/h4-10,13,26H,11-12H2,1-3H3,(H,25,28)(H,27,29). The number of amides is 2. The fourth-order valence-corrected chi connectivity index (χ4v) is 3.49. The Labute approximate surface area is 184 Å². The summed E-state index contributed by atoms with van der Waals surface area (Å²) in [5.74, 6) is -0.653. The van der Waals surface area contributed by atoms with Crippen LogP contribution in [-0.2, 0) is 21.0 Å². The molecule has 3 N–H and O–H groups in total. The molecule has 0 fully saturated rings. The molecular formula is C21H24F3N3O4S. The number of benzene rings is 2. The van der Waals surface area contributed by atoms with E-state index >= 15 is 0 Å². The number of hydrogen-bond acceptors (Lipinski definition) is 4. The zero-order chi connectivity index (χ0) is 24.2. The van der Waals surface area contributed by atoms with Crippen LogP contribution in [0.25, 0.3) is 0 Å². The number of anilines is 1. The van der Waals surface area contributed by atoms with Gasteiger partial charge in [-0.2, -0.15) is 13.2 Å². The van der Waals surface area contributed by atoms with Crippen LogP contribution in [0.15, 0.2) is 53.4 Å². The van der Waals surface area contributed by atoms with Crippen molar-refractivity contribution in [1.29, 1.82) is 0 Å². The van der Waals surface area contributed by atoms with Crippen molar-refractivity contribution < 1.29 is 31.2 Å². The van der Waals surface area contributed by atoms with E-state index in [2.05, 4.69) is 15.4 Å². The monoisotopic (exact) mass is 471 g/mol. The zero-order valence-electron chi connectivity index (χ0n) is 17.7. The number of rotatable bonds is 7. The molecule has 2 rings (SSSR count). The minimum absolute atomic E-state index is 0.0838. The molecule has 2 aromatic rings. The molecule has 0 saturated carbocycles. The van der Waals surface area contributed by atoms with Crippen LogP contribution in [0.5, 0.6) is 0 Å². The lowest BCUT2D eigenvalue weighted by molar-refractivity contribution is -0.137. The van der Waals surface area contributed by atoms with E-state index in [1.165, 1.54) is 12.1 Å². The first-order valence-electron chi connectivity index (χ1n) is 9.57. The molecular weight excluding hydrogens is 447 g/mol. The van der Waals surface area contributed by atoms with E-state index in [0.29, 0.717) is 17.3 Å². The van der Waals surface area contributed by atoms with Gasteiger partial charge < -0.3 is 10.6 Å². The van der Waals surface area contributed by atoms with Gasteiger partial charge in [-0.1, -0.05) is 26.8 Å². The maximum Gasteiger partial charge on any atom is 0.416 e. The molecule has 0 atom stereocenters. The minimum Gasteiger partial charge on any atom is -0.351 e. The van der Waals surface area contributed by atoms with Gasteiger partial charge in [-0.25, -0.2) is 13.1 Å². The van der Waals surface area contributed by atoms with Crippen LogP contribution in [0.4, 0.5) is 18.9 Å². The Morgan fingerprint density at radius 1 is 0.938 bits per heavy atom. The summed E-state index contributed by atoms with van der Waals surface area (Å²) in [7, 11) is -4.18. The molecule has 0 aliphatic heterocycles. The average Bonchev–Trinajstić information content (AvgIpc) is 2.70. The summed E-state index contributed by atoms with van der Waals surface area (Å²) in [5, 5.41) is 5.24. The fourth-order valence-electron chi connectivity index (χ4n) is 2.41. The lowest BCUT2D eigenvalue weighted by Crippen LogP contribution is -2.34. The number of nitrogens with one attached hydrogen (secondary N) is 3. The van der Waals surface area contributed by atoms with E-state index in [9.17, 15) is 31.2 Å². The molecule has 11 heteroatoms. The van der Waals surface area contributed by atoms with Crippen molar-refractivity contribution in [1.82, 2.24) is 10.0 Å². The predicted molar refractivity (Wildman–Crippen MR) is 113 cm³/mol. The van der Waals surface area contributed by atoms with Crippen LogP contribution in [0.1, 0.15) is 36.7 Å². The van der Waals surface area contributed by atoms with Gasteiger partial charge in [-0.05, 0) is 42.5 Å². The smallest absolute Gasteiger partial charge is 0.351 e. The summed E-state index contributed by atoms with van der Waals surface area (Å²) in [4.78, 5) is 23.6. The third kappa shape index (κ3) is 7.06. The average molecular weight is 472 g/mol. The van der Waals surface area contributed by atoms with Crippen LogP contribution in [0.2, 0.25) is 0 Å². The number of alkyl halides is 3. The van der Waals surface area contributed by atoms with Crippen LogP contribution >= 0.6 is 0 Å². The van der Waals surface area contributed by atoms with Crippen LogP contribution < -0.4 is 15.4 Å². The van der Waals surface area contributed by atoms with Gasteiger partial charge >= 0.3 is 6.18 Å². The Hall–Kier alpha value is -2.92. The van der Waals surface area contributed by atoms with Crippen molar-refractivity contribution in [2.75, 3.05) is 18.4 Å². The van der Waals surface area contributed by atoms with Gasteiger partial charge in [0.1, 0.15) is 0 Å². The van der Waals surface area contributed by atoms with E-state index in [1.807, 2.05) is 0 Å². The molecule has 0 heterocycles. The Morgan fingerprint density at radius 2 is 1.56 bits per heavy atom.